The van der Waals surface area contributed by atoms with Crippen LogP contribution in [0.25, 0.3) is 131 Å². The summed E-state index contributed by atoms with van der Waals surface area (Å²) in [5.41, 5.74) is 5.36. The molecule has 0 atom stereocenters. The fourth-order valence-electron chi connectivity index (χ4n) is 12.7. The van der Waals surface area contributed by atoms with E-state index in [1.54, 1.807) is 24.3 Å². The number of aromatic nitrogens is 2. The van der Waals surface area contributed by atoms with Crippen molar-refractivity contribution in [3.05, 3.63) is 234 Å². The largest absolute Gasteiger partial charge is 0.457 e. The highest BCUT2D eigenvalue weighted by atomic mass is 16.3. The molecule has 0 radical (unpaired) electrons. The van der Waals surface area contributed by atoms with Crippen LogP contribution < -0.4 is 22.2 Å². The highest BCUT2D eigenvalue weighted by molar-refractivity contribution is 6.33. The Morgan fingerprint density at radius 1 is 0.268 bits per heavy atom. The first-order chi connectivity index (χ1) is 39.7. The van der Waals surface area contributed by atoms with Gasteiger partial charge in [0.2, 0.25) is 0 Å². The van der Waals surface area contributed by atoms with Crippen LogP contribution in [0.3, 0.4) is 0 Å². The molecule has 0 aliphatic carbocycles. The minimum absolute atomic E-state index is 0.0529. The zero-order valence-electron chi connectivity index (χ0n) is 46.6. The van der Waals surface area contributed by atoms with Crippen molar-refractivity contribution in [1.82, 2.24) is 9.13 Å². The summed E-state index contributed by atoms with van der Waals surface area (Å²) in [5.74, 6) is -0.212. The molecule has 0 saturated carbocycles. The number of fused-ring (bicyclic) bond motifs is 8. The molecule has 0 fully saturated rings. The number of nitrogens with zero attached hydrogens (tertiary/aromatic N) is 2. The lowest BCUT2D eigenvalue weighted by molar-refractivity contribution is 0.656. The van der Waals surface area contributed by atoms with E-state index in [0.717, 1.165) is 22.3 Å². The highest BCUT2D eigenvalue weighted by Crippen LogP contribution is 2.43. The second-order valence-corrected chi connectivity index (χ2v) is 22.9. The Hall–Kier alpha value is -9.80. The molecule has 0 saturated heterocycles. The molecule has 0 aliphatic rings. The summed E-state index contributed by atoms with van der Waals surface area (Å²) in [4.78, 5) is 64.1. The lowest BCUT2D eigenvalue weighted by atomic mass is 9.90. The topological polar surface area (TPSA) is 131 Å². The van der Waals surface area contributed by atoms with Crippen LogP contribution in [0.5, 0.6) is 0 Å². The average Bonchev–Trinajstić information content (AvgIpc) is 0.923. The standard InChI is InChI=1S/C72H56N2O8/c1-37(2)43-23-17-24-44(38(3)4)67(43)73-69(75)53-33-41-31-51-63(53)55(71(73)77)35-61-65(51)66-52-32-42(80-58-28-14-10-20-48(58)47-19-9-13-27-57(47)79-41)34-54-64(52)56(72(78)74(70(54)76)68-45(39(5)6)25-18-26-46(68)40(7)8)36-62(66)82-60-30-16-12-22-50(60)49-21-11-15-29-59(49)81-61/h9-40H,1-8H3. The number of hydrogen-bond acceptors (Lipinski definition) is 8. The van der Waals surface area contributed by atoms with Crippen molar-refractivity contribution in [2.24, 2.45) is 0 Å². The fourth-order valence-corrected chi connectivity index (χ4v) is 12.7. The van der Waals surface area contributed by atoms with Gasteiger partial charge in [0.15, 0.2) is 0 Å². The number of para-hydroxylation sites is 6. The maximum Gasteiger partial charge on any atom is 0.266 e. The lowest BCUT2D eigenvalue weighted by Gasteiger charge is -2.22. The van der Waals surface area contributed by atoms with Gasteiger partial charge in [-0.15, -0.1) is 0 Å². The van der Waals surface area contributed by atoms with Gasteiger partial charge >= 0.3 is 0 Å². The zero-order chi connectivity index (χ0) is 56.6. The molecule has 0 spiro atoms. The number of pyridine rings is 2. The predicted molar refractivity (Wildman–Crippen MR) is 335 cm³/mol. The van der Waals surface area contributed by atoms with E-state index < -0.39 is 22.2 Å². The van der Waals surface area contributed by atoms with Gasteiger partial charge in [-0.3, -0.25) is 19.2 Å². The summed E-state index contributed by atoms with van der Waals surface area (Å²) in [6.07, 6.45) is 0. The average molecular weight is 1080 g/mol. The Morgan fingerprint density at radius 2 is 0.537 bits per heavy atom. The highest BCUT2D eigenvalue weighted by Gasteiger charge is 2.28. The molecule has 82 heavy (non-hydrogen) atoms. The molecule has 0 amide bonds. The summed E-state index contributed by atoms with van der Waals surface area (Å²) >= 11 is 0. The van der Waals surface area contributed by atoms with Crippen LogP contribution in [0.15, 0.2) is 207 Å². The minimum atomic E-state index is -0.523. The maximum atomic E-state index is 16.0. The monoisotopic (exact) mass is 1080 g/mol. The second kappa shape index (κ2) is 18.9. The third-order valence-electron chi connectivity index (χ3n) is 16.5. The molecule has 14 rings (SSSR count). The quantitative estimate of drug-likeness (QED) is 0.161. The van der Waals surface area contributed by atoms with Gasteiger partial charge in [0.1, 0.15) is 44.7 Å². The van der Waals surface area contributed by atoms with Gasteiger partial charge in [0, 0.05) is 43.1 Å². The molecule has 402 valence electrons. The lowest BCUT2D eigenvalue weighted by Crippen LogP contribution is -2.34. The third kappa shape index (κ3) is 7.61. The van der Waals surface area contributed by atoms with E-state index in [1.807, 2.05) is 146 Å². The SMILES string of the molecule is CC(C)c1cccc(C(C)C)c1-n1c(=O)c2cc3cc4c2c(cc2oc5ccccc5c5ccccc5oc5cc6c(=O)n(-c7c(C(C)C)cccc7C(C)C)c(=O)c7cc(cc(c76)c5c24)oc2ccccc2c2ccccc2o3)c1=O. The van der Waals surface area contributed by atoms with Crippen molar-refractivity contribution in [3.63, 3.8) is 0 Å². The number of rotatable bonds is 6. The summed E-state index contributed by atoms with van der Waals surface area (Å²) in [6.45, 7) is 16.5. The first kappa shape index (κ1) is 50.4. The van der Waals surface area contributed by atoms with Gasteiger partial charge in [-0.2, -0.15) is 0 Å². The molecule has 0 N–H and O–H groups in total. The zero-order valence-corrected chi connectivity index (χ0v) is 46.6. The smallest absolute Gasteiger partial charge is 0.266 e. The van der Waals surface area contributed by atoms with Crippen molar-refractivity contribution in [2.45, 2.75) is 79.1 Å². The van der Waals surface area contributed by atoms with E-state index in [0.29, 0.717) is 98.7 Å². The van der Waals surface area contributed by atoms with Gasteiger partial charge in [-0.05, 0) is 117 Å². The Morgan fingerprint density at radius 3 is 0.841 bits per heavy atom. The molecule has 14 aromatic rings. The van der Waals surface area contributed by atoms with Crippen molar-refractivity contribution < 1.29 is 17.7 Å². The molecular formula is C72H56N2O8. The van der Waals surface area contributed by atoms with Crippen LogP contribution in [0, 0.1) is 0 Å². The van der Waals surface area contributed by atoms with E-state index in [2.05, 4.69) is 55.4 Å². The fraction of sp³-hybridized carbons (Fsp3) is 0.167. The molecule has 10 nitrogen and oxygen atoms in total. The summed E-state index contributed by atoms with van der Waals surface area (Å²) in [5, 5.41) is 6.14. The van der Waals surface area contributed by atoms with E-state index in [-0.39, 0.29) is 56.4 Å². The van der Waals surface area contributed by atoms with Gasteiger partial charge < -0.3 is 17.7 Å². The molecule has 4 heterocycles. The van der Waals surface area contributed by atoms with E-state index in [1.165, 1.54) is 9.13 Å². The van der Waals surface area contributed by atoms with Crippen LogP contribution in [0.1, 0.15) is 101 Å². The first-order valence-electron chi connectivity index (χ1n) is 28.1. The molecule has 4 bridgehead atoms. The molecule has 0 aliphatic heterocycles. The first-order valence-corrected chi connectivity index (χ1v) is 28.1. The molecule has 10 aromatic carbocycles. The van der Waals surface area contributed by atoms with Crippen LogP contribution in [0.2, 0.25) is 0 Å². The van der Waals surface area contributed by atoms with E-state index >= 15 is 19.2 Å². The summed E-state index contributed by atoms with van der Waals surface area (Å²) in [6, 6.07) is 53.1. The van der Waals surface area contributed by atoms with Crippen LogP contribution in [-0.4, -0.2) is 9.13 Å². The Bertz CT molecular complexity index is 5050. The Balaban J connectivity index is 1.36. The van der Waals surface area contributed by atoms with Gasteiger partial charge in [-0.1, -0.05) is 165 Å². The molecule has 0 unspecified atom stereocenters. The van der Waals surface area contributed by atoms with E-state index in [4.69, 9.17) is 17.7 Å². The van der Waals surface area contributed by atoms with Crippen LogP contribution >= 0.6 is 0 Å². The van der Waals surface area contributed by atoms with Gasteiger partial charge in [-0.25, -0.2) is 9.13 Å². The second-order valence-electron chi connectivity index (χ2n) is 22.9. The minimum Gasteiger partial charge on any atom is -0.457 e. The van der Waals surface area contributed by atoms with Crippen LogP contribution in [-0.2, 0) is 0 Å². The number of benzene rings is 10. The van der Waals surface area contributed by atoms with Crippen molar-refractivity contribution in [3.8, 4) is 11.4 Å². The molecular weight excluding hydrogens is 1020 g/mol. The summed E-state index contributed by atoms with van der Waals surface area (Å²) in [7, 11) is 0. The number of hydrogen-bond donors (Lipinski definition) is 0. The van der Waals surface area contributed by atoms with Crippen molar-refractivity contribution in [2.75, 3.05) is 0 Å². The Labute approximate surface area is 468 Å². The molecule has 10 heteroatoms. The summed E-state index contributed by atoms with van der Waals surface area (Å²) < 4.78 is 31.7. The molecule has 4 aromatic heterocycles. The van der Waals surface area contributed by atoms with Gasteiger partial charge in [0.25, 0.3) is 22.2 Å². The Kier molecular flexibility index (Phi) is 11.6. The van der Waals surface area contributed by atoms with Crippen molar-refractivity contribution >= 4 is 120 Å². The predicted octanol–water partition coefficient (Wildman–Crippen LogP) is 17.9. The van der Waals surface area contributed by atoms with Crippen LogP contribution in [0.4, 0.5) is 0 Å². The van der Waals surface area contributed by atoms with Gasteiger partial charge in [0.05, 0.1) is 32.9 Å². The third-order valence-corrected chi connectivity index (χ3v) is 16.5. The van der Waals surface area contributed by atoms with E-state index in [9.17, 15) is 0 Å². The van der Waals surface area contributed by atoms with Crippen molar-refractivity contribution in [1.29, 1.82) is 0 Å². The normalized spacial score (nSPS) is 12.3. The maximum absolute atomic E-state index is 16.0.